The van der Waals surface area contributed by atoms with Gasteiger partial charge in [0.25, 0.3) is 0 Å². The first-order chi connectivity index (χ1) is 6.24. The highest BCUT2D eigenvalue weighted by Crippen LogP contribution is 2.02. The molecule has 0 aliphatic carbocycles. The average molecular weight is 182 g/mol. The number of aromatic amines is 1. The summed E-state index contributed by atoms with van der Waals surface area (Å²) in [4.78, 5) is 3.11. The average Bonchev–Trinajstić information content (AvgIpc) is 2.57. The lowest BCUT2D eigenvalue weighted by molar-refractivity contribution is 0.210. The molecule has 1 rings (SSSR count). The van der Waals surface area contributed by atoms with E-state index in [0.29, 0.717) is 5.92 Å². The standard InChI is InChI=1S/C10H18N2O/c1-8(2)10(7-13)12-6-9-4-3-5-11-9/h3-5,8,10-13H,6-7H2,1-2H3. The highest BCUT2D eigenvalue weighted by molar-refractivity contribution is 5.03. The van der Waals surface area contributed by atoms with Crippen LogP contribution in [0.15, 0.2) is 18.3 Å². The highest BCUT2D eigenvalue weighted by atomic mass is 16.3. The molecular formula is C10H18N2O. The van der Waals surface area contributed by atoms with E-state index in [1.807, 2.05) is 18.3 Å². The van der Waals surface area contributed by atoms with Gasteiger partial charge in [-0.3, -0.25) is 0 Å². The van der Waals surface area contributed by atoms with Crippen LogP contribution in [0.1, 0.15) is 19.5 Å². The lowest BCUT2D eigenvalue weighted by Gasteiger charge is -2.19. The van der Waals surface area contributed by atoms with Crippen LogP contribution in [0.5, 0.6) is 0 Å². The van der Waals surface area contributed by atoms with Crippen LogP contribution in [0.4, 0.5) is 0 Å². The quantitative estimate of drug-likeness (QED) is 0.639. The number of H-pyrrole nitrogens is 1. The molecule has 0 aliphatic rings. The van der Waals surface area contributed by atoms with Crippen molar-refractivity contribution >= 4 is 0 Å². The first-order valence-corrected chi connectivity index (χ1v) is 4.70. The monoisotopic (exact) mass is 182 g/mol. The highest BCUT2D eigenvalue weighted by Gasteiger charge is 2.10. The number of aliphatic hydroxyl groups is 1. The van der Waals surface area contributed by atoms with Gasteiger partial charge in [0.05, 0.1) is 6.61 Å². The van der Waals surface area contributed by atoms with Gasteiger partial charge in [-0.15, -0.1) is 0 Å². The largest absolute Gasteiger partial charge is 0.395 e. The van der Waals surface area contributed by atoms with E-state index in [9.17, 15) is 0 Å². The smallest absolute Gasteiger partial charge is 0.0587 e. The van der Waals surface area contributed by atoms with Gasteiger partial charge in [0, 0.05) is 24.5 Å². The van der Waals surface area contributed by atoms with Crippen molar-refractivity contribution in [1.29, 1.82) is 0 Å². The summed E-state index contributed by atoms with van der Waals surface area (Å²) in [5.41, 5.74) is 1.15. The Kier molecular flexibility index (Phi) is 3.99. The first kappa shape index (κ1) is 10.3. The first-order valence-electron chi connectivity index (χ1n) is 4.70. The molecule has 0 fully saturated rings. The number of aromatic nitrogens is 1. The predicted octanol–water partition coefficient (Wildman–Crippen LogP) is 1.12. The molecule has 0 saturated carbocycles. The van der Waals surface area contributed by atoms with Crippen molar-refractivity contribution in [3.63, 3.8) is 0 Å². The molecule has 0 spiro atoms. The van der Waals surface area contributed by atoms with Crippen LogP contribution in [-0.4, -0.2) is 22.7 Å². The molecule has 0 bridgehead atoms. The molecule has 3 N–H and O–H groups in total. The van der Waals surface area contributed by atoms with Crippen LogP contribution in [0.25, 0.3) is 0 Å². The minimum Gasteiger partial charge on any atom is -0.395 e. The van der Waals surface area contributed by atoms with Crippen molar-refractivity contribution in [3.05, 3.63) is 24.0 Å². The summed E-state index contributed by atoms with van der Waals surface area (Å²) in [6.45, 7) is 5.18. The van der Waals surface area contributed by atoms with Gasteiger partial charge in [-0.25, -0.2) is 0 Å². The summed E-state index contributed by atoms with van der Waals surface area (Å²) < 4.78 is 0. The van der Waals surface area contributed by atoms with Crippen LogP contribution in [0.2, 0.25) is 0 Å². The van der Waals surface area contributed by atoms with Crippen molar-refractivity contribution < 1.29 is 5.11 Å². The lowest BCUT2D eigenvalue weighted by atomic mass is 10.1. The minimum absolute atomic E-state index is 0.184. The van der Waals surface area contributed by atoms with E-state index in [4.69, 9.17) is 5.11 Å². The lowest BCUT2D eigenvalue weighted by Crippen LogP contribution is -2.36. The zero-order valence-corrected chi connectivity index (χ0v) is 8.25. The van der Waals surface area contributed by atoms with E-state index in [1.54, 1.807) is 0 Å². The van der Waals surface area contributed by atoms with Crippen molar-refractivity contribution in [3.8, 4) is 0 Å². The second-order valence-electron chi connectivity index (χ2n) is 3.61. The van der Waals surface area contributed by atoms with Gasteiger partial charge >= 0.3 is 0 Å². The van der Waals surface area contributed by atoms with E-state index < -0.39 is 0 Å². The van der Waals surface area contributed by atoms with Crippen molar-refractivity contribution in [2.45, 2.75) is 26.4 Å². The fourth-order valence-corrected chi connectivity index (χ4v) is 1.23. The van der Waals surface area contributed by atoms with Crippen LogP contribution in [-0.2, 0) is 6.54 Å². The van der Waals surface area contributed by atoms with E-state index >= 15 is 0 Å². The number of nitrogens with one attached hydrogen (secondary N) is 2. The topological polar surface area (TPSA) is 48.0 Å². The van der Waals surface area contributed by atoms with Gasteiger partial charge in [-0.2, -0.15) is 0 Å². The molecule has 0 amide bonds. The third kappa shape index (κ3) is 3.20. The van der Waals surface area contributed by atoms with Gasteiger partial charge in [-0.1, -0.05) is 13.8 Å². The molecular weight excluding hydrogens is 164 g/mol. The number of hydrogen-bond donors (Lipinski definition) is 3. The van der Waals surface area contributed by atoms with E-state index in [1.165, 1.54) is 0 Å². The Morgan fingerprint density at radius 1 is 1.54 bits per heavy atom. The Labute approximate surface area is 79.2 Å². The van der Waals surface area contributed by atoms with E-state index in [2.05, 4.69) is 24.1 Å². The van der Waals surface area contributed by atoms with E-state index in [-0.39, 0.29) is 12.6 Å². The zero-order valence-electron chi connectivity index (χ0n) is 8.25. The molecule has 3 nitrogen and oxygen atoms in total. The van der Waals surface area contributed by atoms with Gasteiger partial charge in [0.2, 0.25) is 0 Å². The summed E-state index contributed by atoms with van der Waals surface area (Å²) in [6, 6.07) is 4.19. The van der Waals surface area contributed by atoms with Crippen molar-refractivity contribution in [1.82, 2.24) is 10.3 Å². The van der Waals surface area contributed by atoms with Crippen molar-refractivity contribution in [2.24, 2.45) is 5.92 Å². The van der Waals surface area contributed by atoms with Crippen LogP contribution < -0.4 is 5.32 Å². The molecule has 3 heteroatoms. The zero-order chi connectivity index (χ0) is 9.68. The van der Waals surface area contributed by atoms with Gasteiger partial charge < -0.3 is 15.4 Å². The van der Waals surface area contributed by atoms with Crippen LogP contribution >= 0.6 is 0 Å². The van der Waals surface area contributed by atoms with Crippen LogP contribution in [0.3, 0.4) is 0 Å². The van der Waals surface area contributed by atoms with Gasteiger partial charge in [0.15, 0.2) is 0 Å². The molecule has 1 heterocycles. The fraction of sp³-hybridized carbons (Fsp3) is 0.600. The van der Waals surface area contributed by atoms with Crippen molar-refractivity contribution in [2.75, 3.05) is 6.61 Å². The maximum atomic E-state index is 9.05. The normalized spacial score (nSPS) is 13.5. The summed E-state index contributed by atoms with van der Waals surface area (Å²) in [7, 11) is 0. The summed E-state index contributed by atoms with van der Waals surface area (Å²) in [6.07, 6.45) is 1.90. The molecule has 13 heavy (non-hydrogen) atoms. The third-order valence-corrected chi connectivity index (χ3v) is 2.22. The summed E-state index contributed by atoms with van der Waals surface area (Å²) in [5.74, 6) is 0.458. The minimum atomic E-state index is 0.184. The fourth-order valence-electron chi connectivity index (χ4n) is 1.23. The number of aliphatic hydroxyl groups excluding tert-OH is 1. The van der Waals surface area contributed by atoms with E-state index in [0.717, 1.165) is 12.2 Å². The SMILES string of the molecule is CC(C)C(CO)NCc1ccc[nH]1. The number of rotatable bonds is 5. The Balaban J connectivity index is 2.32. The Bertz CT molecular complexity index is 219. The maximum Gasteiger partial charge on any atom is 0.0587 e. The number of hydrogen-bond acceptors (Lipinski definition) is 2. The third-order valence-electron chi connectivity index (χ3n) is 2.22. The summed E-state index contributed by atoms with van der Waals surface area (Å²) in [5, 5.41) is 12.3. The Morgan fingerprint density at radius 3 is 2.77 bits per heavy atom. The molecule has 1 aromatic heterocycles. The summed E-state index contributed by atoms with van der Waals surface area (Å²) >= 11 is 0. The molecule has 0 aromatic carbocycles. The van der Waals surface area contributed by atoms with Gasteiger partial charge in [-0.05, 0) is 18.1 Å². The van der Waals surface area contributed by atoms with Crippen LogP contribution in [0, 0.1) is 5.92 Å². The second kappa shape index (κ2) is 5.04. The molecule has 1 atom stereocenters. The molecule has 1 unspecified atom stereocenters. The Hall–Kier alpha value is -0.800. The molecule has 1 aromatic rings. The second-order valence-corrected chi connectivity index (χ2v) is 3.61. The molecule has 0 saturated heterocycles. The molecule has 74 valence electrons. The molecule has 0 radical (unpaired) electrons. The predicted molar refractivity (Wildman–Crippen MR) is 53.3 cm³/mol. The maximum absolute atomic E-state index is 9.05. The molecule has 0 aliphatic heterocycles. The Morgan fingerprint density at radius 2 is 2.31 bits per heavy atom. The van der Waals surface area contributed by atoms with Gasteiger partial charge in [0.1, 0.15) is 0 Å².